The molecule has 0 aliphatic carbocycles. The summed E-state index contributed by atoms with van der Waals surface area (Å²) in [6, 6.07) is 13.8. The number of ether oxygens (including phenoxy) is 1. The Morgan fingerprint density at radius 2 is 2.08 bits per heavy atom. The van der Waals surface area contributed by atoms with Crippen LogP contribution in [0.15, 0.2) is 65.5 Å². The maximum atomic E-state index is 12.3. The molecule has 3 aromatic rings. The van der Waals surface area contributed by atoms with E-state index < -0.39 is 0 Å². The van der Waals surface area contributed by atoms with Gasteiger partial charge in [-0.3, -0.25) is 4.79 Å². The Kier molecular flexibility index (Phi) is 4.75. The molecule has 1 aromatic carbocycles. The molecule has 1 unspecified atom stereocenters. The lowest BCUT2D eigenvalue weighted by Crippen LogP contribution is -2.27. The average Bonchev–Trinajstić information content (AvgIpc) is 3.39. The van der Waals surface area contributed by atoms with Crippen LogP contribution in [-0.2, 0) is 11.3 Å². The molecule has 1 saturated heterocycles. The van der Waals surface area contributed by atoms with Crippen LogP contribution in [0, 0.1) is 0 Å². The number of rotatable bonds is 6. The fraction of sp³-hybridized carbons (Fsp3) is 0.250. The van der Waals surface area contributed by atoms with Gasteiger partial charge in [-0.25, -0.2) is 0 Å². The van der Waals surface area contributed by atoms with Crippen molar-refractivity contribution >= 4 is 17.7 Å². The molecule has 134 valence electrons. The lowest BCUT2D eigenvalue weighted by molar-refractivity contribution is -0.128. The second-order valence-electron chi connectivity index (χ2n) is 6.04. The van der Waals surface area contributed by atoms with Gasteiger partial charge in [0.2, 0.25) is 5.91 Å². The summed E-state index contributed by atoms with van der Waals surface area (Å²) >= 11 is 1.65. The van der Waals surface area contributed by atoms with Crippen molar-refractivity contribution in [2.45, 2.75) is 18.8 Å². The van der Waals surface area contributed by atoms with Gasteiger partial charge in [0.15, 0.2) is 0 Å². The lowest BCUT2D eigenvalue weighted by atomic mass is 10.3. The number of furan rings is 1. The Hall–Kier alpha value is -2.60. The third kappa shape index (κ3) is 3.37. The second-order valence-corrected chi connectivity index (χ2v) is 7.11. The van der Waals surface area contributed by atoms with Gasteiger partial charge in [0.1, 0.15) is 16.9 Å². The summed E-state index contributed by atoms with van der Waals surface area (Å²) in [5.41, 5.74) is 2.17. The van der Waals surface area contributed by atoms with E-state index >= 15 is 0 Å². The highest BCUT2D eigenvalue weighted by atomic mass is 32.2. The average molecular weight is 368 g/mol. The van der Waals surface area contributed by atoms with Crippen molar-refractivity contribution in [2.24, 2.45) is 0 Å². The van der Waals surface area contributed by atoms with E-state index in [2.05, 4.69) is 16.8 Å². The van der Waals surface area contributed by atoms with Gasteiger partial charge >= 0.3 is 0 Å². The van der Waals surface area contributed by atoms with Crippen LogP contribution in [0.1, 0.15) is 23.6 Å². The fourth-order valence-electron chi connectivity index (χ4n) is 3.07. The molecule has 0 bridgehead atoms. The lowest BCUT2D eigenvalue weighted by Gasteiger charge is -2.22. The molecule has 0 saturated carbocycles. The molecule has 2 aromatic heterocycles. The number of nitrogens with zero attached hydrogens (tertiary/aromatic N) is 2. The van der Waals surface area contributed by atoms with E-state index in [9.17, 15) is 4.79 Å². The van der Waals surface area contributed by atoms with Crippen LogP contribution in [0.2, 0.25) is 0 Å². The molecule has 4 rings (SSSR count). The summed E-state index contributed by atoms with van der Waals surface area (Å²) in [4.78, 5) is 14.2. The van der Waals surface area contributed by atoms with Crippen molar-refractivity contribution in [1.29, 1.82) is 0 Å². The predicted molar refractivity (Wildman–Crippen MR) is 101 cm³/mol. The predicted octanol–water partition coefficient (Wildman–Crippen LogP) is 4.24. The first-order valence-electron chi connectivity index (χ1n) is 8.59. The standard InChI is InChI=1S/C20H20N2O3S/c1-2-24-17-7-5-16(6-8-17)21-10-9-15(12-21)20-22(19(23)14-26-20)13-18-4-3-11-25-18/h3-12,20H,2,13-14H2,1H3. The first kappa shape index (κ1) is 16.8. The summed E-state index contributed by atoms with van der Waals surface area (Å²) in [6.07, 6.45) is 5.75. The fourth-order valence-corrected chi connectivity index (χ4v) is 4.24. The first-order valence-corrected chi connectivity index (χ1v) is 9.64. The van der Waals surface area contributed by atoms with Crippen molar-refractivity contribution in [3.05, 3.63) is 72.4 Å². The number of benzene rings is 1. The smallest absolute Gasteiger partial charge is 0.234 e. The van der Waals surface area contributed by atoms with Crippen LogP contribution < -0.4 is 4.74 Å². The van der Waals surface area contributed by atoms with Crippen LogP contribution >= 0.6 is 11.8 Å². The number of thioether (sulfide) groups is 1. The molecular weight excluding hydrogens is 348 g/mol. The minimum Gasteiger partial charge on any atom is -0.494 e. The van der Waals surface area contributed by atoms with E-state index in [0.29, 0.717) is 18.9 Å². The second kappa shape index (κ2) is 7.33. The highest BCUT2D eigenvalue weighted by Crippen LogP contribution is 2.40. The van der Waals surface area contributed by atoms with E-state index in [0.717, 1.165) is 22.8 Å². The van der Waals surface area contributed by atoms with E-state index in [-0.39, 0.29) is 11.3 Å². The Bertz CT molecular complexity index is 871. The zero-order chi connectivity index (χ0) is 17.9. The molecule has 6 heteroatoms. The van der Waals surface area contributed by atoms with Gasteiger partial charge in [-0.2, -0.15) is 0 Å². The highest BCUT2D eigenvalue weighted by molar-refractivity contribution is 8.00. The van der Waals surface area contributed by atoms with Gasteiger partial charge < -0.3 is 18.6 Å². The van der Waals surface area contributed by atoms with E-state index in [1.165, 1.54) is 0 Å². The van der Waals surface area contributed by atoms with Gasteiger partial charge in [0, 0.05) is 23.6 Å². The molecule has 1 amide bonds. The number of amides is 1. The SMILES string of the molecule is CCOc1ccc(-n2ccc(C3SCC(=O)N3Cc3ccco3)c2)cc1. The monoisotopic (exact) mass is 368 g/mol. The normalized spacial score (nSPS) is 17.0. The Balaban J connectivity index is 1.53. The zero-order valence-electron chi connectivity index (χ0n) is 14.5. The minimum absolute atomic E-state index is 0.0107. The van der Waals surface area contributed by atoms with Crippen LogP contribution in [0.5, 0.6) is 5.75 Å². The van der Waals surface area contributed by atoms with Crippen molar-refractivity contribution in [2.75, 3.05) is 12.4 Å². The molecular formula is C20H20N2O3S. The van der Waals surface area contributed by atoms with Crippen LogP contribution in [-0.4, -0.2) is 27.7 Å². The molecule has 26 heavy (non-hydrogen) atoms. The third-order valence-corrected chi connectivity index (χ3v) is 5.58. The summed E-state index contributed by atoms with van der Waals surface area (Å²) in [5.74, 6) is 2.31. The number of aromatic nitrogens is 1. The van der Waals surface area contributed by atoms with Gasteiger partial charge in [-0.05, 0) is 49.4 Å². The minimum atomic E-state index is 0.0107. The molecule has 1 aliphatic heterocycles. The summed E-state index contributed by atoms with van der Waals surface area (Å²) in [5, 5.41) is 0.0107. The summed E-state index contributed by atoms with van der Waals surface area (Å²) < 4.78 is 13.0. The Labute approximate surface area is 156 Å². The van der Waals surface area contributed by atoms with Crippen molar-refractivity contribution in [3.63, 3.8) is 0 Å². The molecule has 1 fully saturated rings. The highest BCUT2D eigenvalue weighted by Gasteiger charge is 2.33. The number of hydrogen-bond donors (Lipinski definition) is 0. The maximum Gasteiger partial charge on any atom is 0.234 e. The molecule has 1 atom stereocenters. The number of carbonyl (C=O) groups is 1. The van der Waals surface area contributed by atoms with Crippen molar-refractivity contribution in [1.82, 2.24) is 9.47 Å². The summed E-state index contributed by atoms with van der Waals surface area (Å²) in [6.45, 7) is 3.13. The van der Waals surface area contributed by atoms with Gasteiger partial charge in [-0.1, -0.05) is 0 Å². The first-order chi connectivity index (χ1) is 12.7. The van der Waals surface area contributed by atoms with Crippen molar-refractivity contribution in [3.8, 4) is 11.4 Å². The maximum absolute atomic E-state index is 12.3. The van der Waals surface area contributed by atoms with E-state index in [4.69, 9.17) is 9.15 Å². The van der Waals surface area contributed by atoms with Crippen LogP contribution in [0.25, 0.3) is 5.69 Å². The molecule has 1 aliphatic rings. The Morgan fingerprint density at radius 1 is 1.23 bits per heavy atom. The van der Waals surface area contributed by atoms with Crippen LogP contribution in [0.4, 0.5) is 0 Å². The molecule has 0 spiro atoms. The topological polar surface area (TPSA) is 47.6 Å². The molecule has 0 N–H and O–H groups in total. The Morgan fingerprint density at radius 3 is 2.81 bits per heavy atom. The largest absolute Gasteiger partial charge is 0.494 e. The van der Waals surface area contributed by atoms with E-state index in [1.807, 2.05) is 54.4 Å². The van der Waals surface area contributed by atoms with E-state index in [1.54, 1.807) is 18.0 Å². The number of carbonyl (C=O) groups excluding carboxylic acids is 1. The third-order valence-electron chi connectivity index (χ3n) is 4.32. The van der Waals surface area contributed by atoms with Gasteiger partial charge in [0.25, 0.3) is 0 Å². The van der Waals surface area contributed by atoms with Crippen molar-refractivity contribution < 1.29 is 13.9 Å². The molecule has 5 nitrogen and oxygen atoms in total. The van der Waals surface area contributed by atoms with Gasteiger partial charge in [-0.15, -0.1) is 11.8 Å². The van der Waals surface area contributed by atoms with Crippen LogP contribution in [0.3, 0.4) is 0 Å². The zero-order valence-corrected chi connectivity index (χ0v) is 15.3. The summed E-state index contributed by atoms with van der Waals surface area (Å²) in [7, 11) is 0. The quantitative estimate of drug-likeness (QED) is 0.653. The number of hydrogen-bond acceptors (Lipinski definition) is 4. The molecule has 0 radical (unpaired) electrons. The molecule has 3 heterocycles. The van der Waals surface area contributed by atoms with Gasteiger partial charge in [0.05, 0.1) is 25.2 Å².